The van der Waals surface area contributed by atoms with Gasteiger partial charge in [-0.25, -0.2) is 4.79 Å². The standard InChI is InChI=1S/C6H6S.C5H8O2/c7-6-4-2-1-3-5-6;1-3-4(2)5(6)7/h1-5,7H;2-3H2,1H3,(H,6,7). The second-order valence-corrected chi connectivity index (χ2v) is 3.11. The van der Waals surface area contributed by atoms with E-state index < -0.39 is 5.97 Å². The van der Waals surface area contributed by atoms with Crippen molar-refractivity contribution in [2.24, 2.45) is 0 Å². The number of carboxylic acid groups (broad SMARTS) is 1. The molecule has 3 heteroatoms. The second kappa shape index (κ2) is 7.21. The lowest BCUT2D eigenvalue weighted by molar-refractivity contribution is -0.132. The Bertz CT molecular complexity index is 293. The molecule has 76 valence electrons. The van der Waals surface area contributed by atoms with E-state index in [2.05, 4.69) is 19.2 Å². The molecule has 0 spiro atoms. The summed E-state index contributed by atoms with van der Waals surface area (Å²) in [5, 5.41) is 8.08. The summed E-state index contributed by atoms with van der Waals surface area (Å²) in [5.74, 6) is -0.900. The molecule has 2 nitrogen and oxygen atoms in total. The van der Waals surface area contributed by atoms with Gasteiger partial charge >= 0.3 is 5.97 Å². The van der Waals surface area contributed by atoms with Crippen LogP contribution < -0.4 is 0 Å². The molecule has 0 radical (unpaired) electrons. The van der Waals surface area contributed by atoms with Crippen molar-refractivity contribution < 1.29 is 9.90 Å². The smallest absolute Gasteiger partial charge is 0.330 e. The molecular weight excluding hydrogens is 196 g/mol. The highest BCUT2D eigenvalue weighted by atomic mass is 32.1. The van der Waals surface area contributed by atoms with E-state index in [4.69, 9.17) is 5.11 Å². The molecule has 0 amide bonds. The van der Waals surface area contributed by atoms with E-state index in [1.54, 1.807) is 6.92 Å². The Labute approximate surface area is 89.7 Å². The Morgan fingerprint density at radius 3 is 2.07 bits per heavy atom. The van der Waals surface area contributed by atoms with Gasteiger partial charge in [-0.15, -0.1) is 12.6 Å². The number of hydrogen-bond donors (Lipinski definition) is 2. The summed E-state index contributed by atoms with van der Waals surface area (Å²) < 4.78 is 0. The van der Waals surface area contributed by atoms with Crippen molar-refractivity contribution in [3.63, 3.8) is 0 Å². The van der Waals surface area contributed by atoms with Crippen LogP contribution in [0, 0.1) is 0 Å². The van der Waals surface area contributed by atoms with E-state index in [0.717, 1.165) is 4.90 Å². The molecule has 1 aromatic rings. The Morgan fingerprint density at radius 2 is 1.93 bits per heavy atom. The zero-order chi connectivity index (χ0) is 11.0. The third-order valence-electron chi connectivity index (χ3n) is 1.49. The summed E-state index contributed by atoms with van der Waals surface area (Å²) in [6.45, 7) is 5.03. The van der Waals surface area contributed by atoms with Gasteiger partial charge in [-0.2, -0.15) is 0 Å². The highest BCUT2D eigenvalue weighted by Crippen LogP contribution is 2.00. The fraction of sp³-hybridized carbons (Fsp3) is 0.182. The van der Waals surface area contributed by atoms with Crippen LogP contribution in [0.4, 0.5) is 0 Å². The zero-order valence-electron chi connectivity index (χ0n) is 8.10. The molecule has 0 aliphatic carbocycles. The maximum atomic E-state index is 9.83. The number of carbonyl (C=O) groups is 1. The first-order valence-corrected chi connectivity index (χ1v) is 4.67. The highest BCUT2D eigenvalue weighted by molar-refractivity contribution is 7.80. The monoisotopic (exact) mass is 210 g/mol. The molecule has 0 saturated heterocycles. The lowest BCUT2D eigenvalue weighted by atomic mass is 10.2. The minimum Gasteiger partial charge on any atom is -0.478 e. The molecule has 1 N–H and O–H groups in total. The number of carboxylic acids is 1. The van der Waals surface area contributed by atoms with Gasteiger partial charge in [-0.05, 0) is 18.6 Å². The summed E-state index contributed by atoms with van der Waals surface area (Å²) in [6.07, 6.45) is 0.523. The highest BCUT2D eigenvalue weighted by Gasteiger charge is 1.96. The number of hydrogen-bond acceptors (Lipinski definition) is 2. The molecule has 0 aliphatic heterocycles. The van der Waals surface area contributed by atoms with Crippen LogP contribution in [0.25, 0.3) is 0 Å². The maximum absolute atomic E-state index is 9.83. The predicted octanol–water partition coefficient (Wildman–Crippen LogP) is 3.01. The van der Waals surface area contributed by atoms with E-state index in [-0.39, 0.29) is 5.57 Å². The van der Waals surface area contributed by atoms with E-state index in [0.29, 0.717) is 6.42 Å². The first kappa shape index (κ1) is 12.8. The van der Waals surface area contributed by atoms with Crippen molar-refractivity contribution in [2.45, 2.75) is 18.2 Å². The minimum absolute atomic E-state index is 0.264. The normalized spacial score (nSPS) is 8.43. The van der Waals surface area contributed by atoms with Crippen LogP contribution in [0.1, 0.15) is 13.3 Å². The summed E-state index contributed by atoms with van der Waals surface area (Å²) in [6, 6.07) is 9.79. The van der Waals surface area contributed by atoms with Crippen LogP contribution in [0.2, 0.25) is 0 Å². The van der Waals surface area contributed by atoms with Crippen molar-refractivity contribution in [1.29, 1.82) is 0 Å². The van der Waals surface area contributed by atoms with Gasteiger partial charge in [0.2, 0.25) is 0 Å². The topological polar surface area (TPSA) is 37.3 Å². The molecule has 0 saturated carbocycles. The maximum Gasteiger partial charge on any atom is 0.330 e. The molecule has 14 heavy (non-hydrogen) atoms. The number of thiol groups is 1. The summed E-state index contributed by atoms with van der Waals surface area (Å²) in [5.41, 5.74) is 0.264. The van der Waals surface area contributed by atoms with Crippen LogP contribution >= 0.6 is 12.6 Å². The Balaban J connectivity index is 0.000000241. The van der Waals surface area contributed by atoms with Gasteiger partial charge in [0.25, 0.3) is 0 Å². The zero-order valence-corrected chi connectivity index (χ0v) is 9.00. The SMILES string of the molecule is C=C(CC)C(=O)O.Sc1ccccc1. The van der Waals surface area contributed by atoms with Crippen LogP contribution in [0.15, 0.2) is 47.4 Å². The quantitative estimate of drug-likeness (QED) is 0.581. The van der Waals surface area contributed by atoms with Gasteiger partial charge in [0, 0.05) is 10.5 Å². The lowest BCUT2D eigenvalue weighted by Crippen LogP contribution is -1.95. The Hall–Kier alpha value is -1.22. The third-order valence-corrected chi connectivity index (χ3v) is 1.78. The van der Waals surface area contributed by atoms with E-state index >= 15 is 0 Å². The average Bonchev–Trinajstić information content (AvgIpc) is 2.18. The number of benzene rings is 1. The van der Waals surface area contributed by atoms with Gasteiger partial charge in [-0.3, -0.25) is 0 Å². The molecule has 0 heterocycles. The Morgan fingerprint density at radius 1 is 1.43 bits per heavy atom. The fourth-order valence-corrected chi connectivity index (χ4v) is 0.751. The minimum atomic E-state index is -0.900. The number of rotatable bonds is 2. The molecule has 0 atom stereocenters. The lowest BCUT2D eigenvalue weighted by Gasteiger charge is -1.87. The first-order chi connectivity index (χ1) is 6.57. The van der Waals surface area contributed by atoms with Crippen LogP contribution in [-0.2, 0) is 4.79 Å². The van der Waals surface area contributed by atoms with E-state index in [9.17, 15) is 4.79 Å². The van der Waals surface area contributed by atoms with E-state index in [1.807, 2.05) is 30.3 Å². The summed E-state index contributed by atoms with van der Waals surface area (Å²) >= 11 is 4.08. The molecule has 1 rings (SSSR count). The van der Waals surface area contributed by atoms with Crippen molar-refractivity contribution >= 4 is 18.6 Å². The third kappa shape index (κ3) is 6.31. The Kier molecular flexibility index (Phi) is 6.58. The molecule has 0 aromatic heterocycles. The molecule has 1 aromatic carbocycles. The van der Waals surface area contributed by atoms with Crippen LogP contribution in [0.3, 0.4) is 0 Å². The molecular formula is C11H14O2S. The van der Waals surface area contributed by atoms with Crippen molar-refractivity contribution in [3.05, 3.63) is 42.5 Å². The molecule has 0 bridgehead atoms. The van der Waals surface area contributed by atoms with Gasteiger partial charge < -0.3 is 5.11 Å². The fourth-order valence-electron chi connectivity index (χ4n) is 0.579. The predicted molar refractivity (Wildman–Crippen MR) is 60.8 cm³/mol. The van der Waals surface area contributed by atoms with E-state index in [1.165, 1.54) is 0 Å². The van der Waals surface area contributed by atoms with Crippen molar-refractivity contribution in [1.82, 2.24) is 0 Å². The first-order valence-electron chi connectivity index (χ1n) is 4.23. The van der Waals surface area contributed by atoms with Crippen LogP contribution in [0.5, 0.6) is 0 Å². The summed E-state index contributed by atoms with van der Waals surface area (Å²) in [7, 11) is 0. The van der Waals surface area contributed by atoms with Gasteiger partial charge in [0.15, 0.2) is 0 Å². The largest absolute Gasteiger partial charge is 0.478 e. The van der Waals surface area contributed by atoms with Gasteiger partial charge in [0.05, 0.1) is 0 Å². The molecule has 0 aliphatic rings. The van der Waals surface area contributed by atoms with Crippen LogP contribution in [-0.4, -0.2) is 11.1 Å². The average molecular weight is 210 g/mol. The van der Waals surface area contributed by atoms with Crippen molar-refractivity contribution in [3.8, 4) is 0 Å². The molecule has 0 unspecified atom stereocenters. The van der Waals surface area contributed by atoms with Crippen molar-refractivity contribution in [2.75, 3.05) is 0 Å². The van der Waals surface area contributed by atoms with Gasteiger partial charge in [0.1, 0.15) is 0 Å². The summed E-state index contributed by atoms with van der Waals surface area (Å²) in [4.78, 5) is 10.8. The second-order valence-electron chi connectivity index (χ2n) is 2.60. The molecule has 0 fully saturated rings. The van der Waals surface area contributed by atoms with Gasteiger partial charge in [-0.1, -0.05) is 31.7 Å². The number of aliphatic carboxylic acids is 1.